The second-order valence-corrected chi connectivity index (χ2v) is 3.88. The van der Waals surface area contributed by atoms with Crippen LogP contribution in [0, 0.1) is 6.92 Å². The molecule has 14 heavy (non-hydrogen) atoms. The molecule has 0 saturated carbocycles. The SMILES string of the molecule is CC.CCOC(=O)c1nc(C)sc1Cl. The van der Waals surface area contributed by atoms with Crippen molar-refractivity contribution in [2.75, 3.05) is 6.61 Å². The van der Waals surface area contributed by atoms with Gasteiger partial charge in [-0.25, -0.2) is 9.78 Å². The molecule has 0 aliphatic carbocycles. The number of thiazole rings is 1. The largest absolute Gasteiger partial charge is 0.461 e. The number of hydrogen-bond donors (Lipinski definition) is 0. The number of aryl methyl sites for hydroxylation is 1. The highest BCUT2D eigenvalue weighted by molar-refractivity contribution is 7.16. The average Bonchev–Trinajstić information content (AvgIpc) is 2.49. The molecule has 5 heteroatoms. The number of rotatable bonds is 2. The Bertz CT molecular complexity index is 299. The molecular formula is C9H14ClNO2S. The van der Waals surface area contributed by atoms with Gasteiger partial charge in [0.2, 0.25) is 0 Å². The molecule has 3 nitrogen and oxygen atoms in total. The van der Waals surface area contributed by atoms with E-state index in [9.17, 15) is 4.79 Å². The highest BCUT2D eigenvalue weighted by Crippen LogP contribution is 2.23. The van der Waals surface area contributed by atoms with Gasteiger partial charge >= 0.3 is 5.97 Å². The molecule has 0 spiro atoms. The van der Waals surface area contributed by atoms with Crippen LogP contribution in [-0.2, 0) is 4.74 Å². The summed E-state index contributed by atoms with van der Waals surface area (Å²) in [6.07, 6.45) is 0. The first-order valence-electron chi connectivity index (χ1n) is 4.45. The Morgan fingerprint density at radius 1 is 1.57 bits per heavy atom. The van der Waals surface area contributed by atoms with E-state index in [1.165, 1.54) is 11.3 Å². The number of ether oxygens (including phenoxy) is 1. The summed E-state index contributed by atoms with van der Waals surface area (Å²) in [4.78, 5) is 15.1. The maximum atomic E-state index is 11.1. The molecule has 0 unspecified atom stereocenters. The molecule has 0 radical (unpaired) electrons. The van der Waals surface area contributed by atoms with Crippen molar-refractivity contribution in [2.45, 2.75) is 27.7 Å². The van der Waals surface area contributed by atoms with Gasteiger partial charge in [0.15, 0.2) is 5.69 Å². The molecule has 80 valence electrons. The normalized spacial score (nSPS) is 8.93. The van der Waals surface area contributed by atoms with Crippen LogP contribution in [-0.4, -0.2) is 17.6 Å². The quantitative estimate of drug-likeness (QED) is 0.739. The first kappa shape index (κ1) is 13.4. The van der Waals surface area contributed by atoms with Crippen LogP contribution in [0.4, 0.5) is 0 Å². The van der Waals surface area contributed by atoms with Gasteiger partial charge in [0.25, 0.3) is 0 Å². The minimum atomic E-state index is -0.452. The Morgan fingerprint density at radius 3 is 2.50 bits per heavy atom. The van der Waals surface area contributed by atoms with Crippen molar-refractivity contribution < 1.29 is 9.53 Å². The minimum absolute atomic E-state index is 0.223. The first-order chi connectivity index (χ1) is 6.65. The maximum Gasteiger partial charge on any atom is 0.359 e. The Morgan fingerprint density at radius 2 is 2.14 bits per heavy atom. The van der Waals surface area contributed by atoms with Gasteiger partial charge < -0.3 is 4.74 Å². The monoisotopic (exact) mass is 235 g/mol. The third-order valence-corrected chi connectivity index (χ3v) is 2.33. The predicted octanol–water partition coefficient (Wildman–Crippen LogP) is 3.31. The zero-order valence-corrected chi connectivity index (χ0v) is 10.3. The Hall–Kier alpha value is -0.610. The van der Waals surface area contributed by atoms with Gasteiger partial charge in [-0.2, -0.15) is 0 Å². The molecular weight excluding hydrogens is 222 g/mol. The molecule has 0 fully saturated rings. The molecule has 1 aromatic rings. The standard InChI is InChI=1S/C7H8ClNO2S.C2H6/c1-3-11-7(10)5-6(8)12-4(2)9-5;1-2/h3H2,1-2H3;1-2H3. The molecule has 0 aromatic carbocycles. The Balaban J connectivity index is 0.000000791. The van der Waals surface area contributed by atoms with Crippen molar-refractivity contribution in [1.29, 1.82) is 0 Å². The molecule has 0 amide bonds. The number of carbonyl (C=O) groups excluding carboxylic acids is 1. The average molecular weight is 236 g/mol. The summed E-state index contributed by atoms with van der Waals surface area (Å²) in [6, 6.07) is 0. The van der Waals surface area contributed by atoms with Gasteiger partial charge in [0.1, 0.15) is 4.34 Å². The minimum Gasteiger partial charge on any atom is -0.461 e. The molecule has 0 aliphatic rings. The molecule has 0 atom stereocenters. The highest BCUT2D eigenvalue weighted by Gasteiger charge is 2.15. The molecule has 1 rings (SSSR count). The Labute approximate surface area is 93.1 Å². The van der Waals surface area contributed by atoms with Crippen LogP contribution in [0.1, 0.15) is 36.3 Å². The van der Waals surface area contributed by atoms with Crippen molar-refractivity contribution in [3.8, 4) is 0 Å². The van der Waals surface area contributed by atoms with E-state index in [0.717, 1.165) is 5.01 Å². The zero-order chi connectivity index (χ0) is 11.1. The van der Waals surface area contributed by atoms with Crippen LogP contribution < -0.4 is 0 Å². The summed E-state index contributed by atoms with van der Waals surface area (Å²) >= 11 is 7.01. The summed E-state index contributed by atoms with van der Waals surface area (Å²) in [5, 5.41) is 0.767. The summed E-state index contributed by atoms with van der Waals surface area (Å²) in [7, 11) is 0. The van der Waals surface area contributed by atoms with Crippen LogP contribution in [0.2, 0.25) is 4.34 Å². The molecule has 0 bridgehead atoms. The van der Waals surface area contributed by atoms with E-state index in [1.54, 1.807) is 13.8 Å². The van der Waals surface area contributed by atoms with Crippen LogP contribution in [0.3, 0.4) is 0 Å². The van der Waals surface area contributed by atoms with E-state index in [1.807, 2.05) is 13.8 Å². The summed E-state index contributed by atoms with van der Waals surface area (Å²) in [5.41, 5.74) is 0.223. The van der Waals surface area contributed by atoms with E-state index in [-0.39, 0.29) is 5.69 Å². The van der Waals surface area contributed by atoms with Gasteiger partial charge in [-0.1, -0.05) is 25.4 Å². The maximum absolute atomic E-state index is 11.1. The van der Waals surface area contributed by atoms with Gasteiger partial charge in [-0.15, -0.1) is 11.3 Å². The first-order valence-corrected chi connectivity index (χ1v) is 5.64. The topological polar surface area (TPSA) is 39.2 Å². The van der Waals surface area contributed by atoms with E-state index in [0.29, 0.717) is 10.9 Å². The fourth-order valence-electron chi connectivity index (χ4n) is 0.728. The summed E-state index contributed by atoms with van der Waals surface area (Å²) < 4.78 is 5.14. The number of nitrogens with zero attached hydrogens (tertiary/aromatic N) is 1. The highest BCUT2D eigenvalue weighted by atomic mass is 35.5. The van der Waals surface area contributed by atoms with Crippen molar-refractivity contribution >= 4 is 28.9 Å². The van der Waals surface area contributed by atoms with Crippen molar-refractivity contribution in [3.63, 3.8) is 0 Å². The molecule has 0 aliphatic heterocycles. The molecule has 1 aromatic heterocycles. The van der Waals surface area contributed by atoms with Crippen molar-refractivity contribution in [1.82, 2.24) is 4.98 Å². The van der Waals surface area contributed by atoms with E-state index in [4.69, 9.17) is 16.3 Å². The number of hydrogen-bond acceptors (Lipinski definition) is 4. The van der Waals surface area contributed by atoms with Crippen LogP contribution >= 0.6 is 22.9 Å². The zero-order valence-electron chi connectivity index (χ0n) is 8.76. The van der Waals surface area contributed by atoms with E-state index < -0.39 is 5.97 Å². The smallest absolute Gasteiger partial charge is 0.359 e. The number of halogens is 1. The second kappa shape index (κ2) is 6.79. The Kier molecular flexibility index (Phi) is 6.49. The predicted molar refractivity (Wildman–Crippen MR) is 59.2 cm³/mol. The number of aromatic nitrogens is 1. The number of esters is 1. The van der Waals surface area contributed by atoms with Crippen molar-refractivity contribution in [3.05, 3.63) is 15.0 Å². The third-order valence-electron chi connectivity index (χ3n) is 1.16. The van der Waals surface area contributed by atoms with Gasteiger partial charge in [0.05, 0.1) is 11.6 Å². The van der Waals surface area contributed by atoms with Crippen LogP contribution in [0.5, 0.6) is 0 Å². The molecule has 0 saturated heterocycles. The lowest BCUT2D eigenvalue weighted by Gasteiger charge is -1.96. The lowest BCUT2D eigenvalue weighted by Crippen LogP contribution is -2.05. The lowest BCUT2D eigenvalue weighted by atomic mass is 10.5. The lowest BCUT2D eigenvalue weighted by molar-refractivity contribution is 0.0520. The molecule has 1 heterocycles. The number of carbonyl (C=O) groups is 1. The van der Waals surface area contributed by atoms with Gasteiger partial charge in [-0.05, 0) is 13.8 Å². The summed E-state index contributed by atoms with van der Waals surface area (Å²) in [5.74, 6) is -0.452. The third kappa shape index (κ3) is 3.64. The van der Waals surface area contributed by atoms with Gasteiger partial charge in [0, 0.05) is 0 Å². The fourth-order valence-corrected chi connectivity index (χ4v) is 1.80. The second-order valence-electron chi connectivity index (χ2n) is 2.08. The molecule has 0 N–H and O–H groups in total. The van der Waals surface area contributed by atoms with E-state index >= 15 is 0 Å². The van der Waals surface area contributed by atoms with E-state index in [2.05, 4.69) is 4.98 Å². The van der Waals surface area contributed by atoms with Crippen molar-refractivity contribution in [2.24, 2.45) is 0 Å². The van der Waals surface area contributed by atoms with Crippen LogP contribution in [0.15, 0.2) is 0 Å². The van der Waals surface area contributed by atoms with Crippen LogP contribution in [0.25, 0.3) is 0 Å². The fraction of sp³-hybridized carbons (Fsp3) is 0.556. The summed E-state index contributed by atoms with van der Waals surface area (Å²) in [6.45, 7) is 7.87. The van der Waals surface area contributed by atoms with Gasteiger partial charge in [-0.3, -0.25) is 0 Å².